The van der Waals surface area contributed by atoms with Crippen LogP contribution in [0.25, 0.3) is 0 Å². The van der Waals surface area contributed by atoms with Crippen LogP contribution in [0, 0.1) is 30.1 Å². The molecule has 1 aromatic rings. The highest BCUT2D eigenvalue weighted by molar-refractivity contribution is 5.85. The third-order valence-corrected chi connectivity index (χ3v) is 6.54. The highest BCUT2D eigenvalue weighted by Crippen LogP contribution is 2.67. The van der Waals surface area contributed by atoms with E-state index in [1.807, 2.05) is 0 Å². The molecule has 0 radical (unpaired) electrons. The van der Waals surface area contributed by atoms with Crippen LogP contribution in [0.3, 0.4) is 0 Å². The van der Waals surface area contributed by atoms with Crippen LogP contribution in [-0.4, -0.2) is 6.54 Å². The number of halogens is 1. The van der Waals surface area contributed by atoms with Crippen LogP contribution in [0.5, 0.6) is 0 Å². The van der Waals surface area contributed by atoms with Crippen LogP contribution in [0.2, 0.25) is 0 Å². The van der Waals surface area contributed by atoms with E-state index in [1.165, 1.54) is 44.1 Å². The molecule has 2 heteroatoms. The SMILES string of the molecule is Cc1ccc(C2C3CC4CC(C3)CC2(CCN)C4)cc1.Cl. The van der Waals surface area contributed by atoms with Gasteiger partial charge in [0.05, 0.1) is 0 Å². The molecule has 0 aliphatic heterocycles. The summed E-state index contributed by atoms with van der Waals surface area (Å²) in [4.78, 5) is 0. The van der Waals surface area contributed by atoms with Crippen molar-refractivity contribution in [3.8, 4) is 0 Å². The first kappa shape index (κ1) is 15.4. The fraction of sp³-hybridized carbons (Fsp3) is 0.684. The predicted octanol–water partition coefficient (Wildman–Crippen LogP) is 4.68. The summed E-state index contributed by atoms with van der Waals surface area (Å²) < 4.78 is 0. The van der Waals surface area contributed by atoms with E-state index < -0.39 is 0 Å². The minimum atomic E-state index is 0. The molecule has 0 amide bonds. The van der Waals surface area contributed by atoms with Gasteiger partial charge in [-0.1, -0.05) is 29.8 Å². The summed E-state index contributed by atoms with van der Waals surface area (Å²) in [6.45, 7) is 3.06. The van der Waals surface area contributed by atoms with Gasteiger partial charge in [0, 0.05) is 0 Å². The summed E-state index contributed by atoms with van der Waals surface area (Å²) in [5.74, 6) is 3.76. The van der Waals surface area contributed by atoms with Gasteiger partial charge in [0.25, 0.3) is 0 Å². The minimum absolute atomic E-state index is 0. The Morgan fingerprint density at radius 2 is 1.67 bits per heavy atom. The molecular weight excluding hydrogens is 278 g/mol. The molecule has 4 aliphatic carbocycles. The predicted molar refractivity (Wildman–Crippen MR) is 90.8 cm³/mol. The second-order valence-electron chi connectivity index (χ2n) is 7.90. The van der Waals surface area contributed by atoms with Gasteiger partial charge in [-0.15, -0.1) is 12.4 Å². The standard InChI is InChI=1S/C19H27N.ClH/c1-13-2-4-16(5-3-13)18-17-9-14-8-15(10-17)12-19(18,11-14)6-7-20;/h2-5,14-15,17-18H,6-12,20H2,1H3;1H. The zero-order valence-corrected chi connectivity index (χ0v) is 13.9. The Bertz CT molecular complexity index is 481. The number of hydrogen-bond donors (Lipinski definition) is 1. The van der Waals surface area contributed by atoms with Crippen molar-refractivity contribution >= 4 is 12.4 Å². The molecule has 2 N–H and O–H groups in total. The van der Waals surface area contributed by atoms with Crippen LogP contribution >= 0.6 is 12.4 Å². The van der Waals surface area contributed by atoms with Gasteiger partial charge in [0.1, 0.15) is 0 Å². The first-order valence-electron chi connectivity index (χ1n) is 8.47. The van der Waals surface area contributed by atoms with Crippen molar-refractivity contribution in [1.29, 1.82) is 0 Å². The van der Waals surface area contributed by atoms with E-state index in [-0.39, 0.29) is 12.4 Å². The van der Waals surface area contributed by atoms with E-state index >= 15 is 0 Å². The molecule has 0 spiro atoms. The Balaban J connectivity index is 0.00000132. The van der Waals surface area contributed by atoms with Gasteiger partial charge in [-0.3, -0.25) is 0 Å². The second kappa shape index (κ2) is 5.59. The van der Waals surface area contributed by atoms with Crippen molar-refractivity contribution in [2.24, 2.45) is 28.9 Å². The molecule has 5 rings (SSSR count). The molecule has 0 saturated heterocycles. The van der Waals surface area contributed by atoms with Gasteiger partial charge in [-0.05, 0) is 86.6 Å². The molecule has 4 aliphatic rings. The third kappa shape index (κ3) is 2.43. The van der Waals surface area contributed by atoms with Gasteiger partial charge >= 0.3 is 0 Å². The first-order valence-corrected chi connectivity index (χ1v) is 8.47. The van der Waals surface area contributed by atoms with E-state index in [0.717, 1.165) is 30.2 Å². The van der Waals surface area contributed by atoms with Gasteiger partial charge in [-0.25, -0.2) is 0 Å². The quantitative estimate of drug-likeness (QED) is 0.862. The Morgan fingerprint density at radius 3 is 2.24 bits per heavy atom. The first-order chi connectivity index (χ1) is 9.70. The van der Waals surface area contributed by atoms with Crippen LogP contribution < -0.4 is 5.73 Å². The van der Waals surface area contributed by atoms with Gasteiger partial charge in [0.2, 0.25) is 0 Å². The molecule has 0 aromatic heterocycles. The maximum atomic E-state index is 6.01. The molecule has 1 nitrogen and oxygen atoms in total. The summed E-state index contributed by atoms with van der Waals surface area (Å²) in [6.07, 6.45) is 8.65. The van der Waals surface area contributed by atoms with Crippen molar-refractivity contribution in [3.63, 3.8) is 0 Å². The highest BCUT2D eigenvalue weighted by Gasteiger charge is 2.56. The second-order valence-corrected chi connectivity index (χ2v) is 7.90. The highest BCUT2D eigenvalue weighted by atomic mass is 35.5. The zero-order chi connectivity index (χ0) is 13.7. The van der Waals surface area contributed by atoms with Crippen LogP contribution in [0.4, 0.5) is 0 Å². The molecule has 1 aromatic carbocycles. The zero-order valence-electron chi connectivity index (χ0n) is 13.1. The number of hydrogen-bond acceptors (Lipinski definition) is 1. The van der Waals surface area contributed by atoms with Crippen molar-refractivity contribution in [2.45, 2.75) is 51.4 Å². The maximum Gasteiger partial charge on any atom is -0.00718 e. The van der Waals surface area contributed by atoms with Crippen molar-refractivity contribution in [2.75, 3.05) is 6.54 Å². The summed E-state index contributed by atoms with van der Waals surface area (Å²) in [5.41, 5.74) is 9.54. The lowest BCUT2D eigenvalue weighted by Gasteiger charge is -2.62. The van der Waals surface area contributed by atoms with E-state index in [0.29, 0.717) is 5.41 Å². The number of rotatable bonds is 3. The average Bonchev–Trinajstić information content (AvgIpc) is 2.39. The van der Waals surface area contributed by atoms with Crippen LogP contribution in [-0.2, 0) is 0 Å². The summed E-state index contributed by atoms with van der Waals surface area (Å²) in [7, 11) is 0. The van der Waals surface area contributed by atoms with E-state index in [2.05, 4.69) is 31.2 Å². The molecular formula is C19H28ClN. The summed E-state index contributed by atoms with van der Waals surface area (Å²) in [5, 5.41) is 0. The molecule has 0 heterocycles. The number of aryl methyl sites for hydroxylation is 1. The molecule has 4 bridgehead atoms. The molecule has 4 saturated carbocycles. The van der Waals surface area contributed by atoms with Crippen molar-refractivity contribution in [1.82, 2.24) is 0 Å². The smallest absolute Gasteiger partial charge is 0.00718 e. The lowest BCUT2D eigenvalue weighted by Crippen LogP contribution is -2.52. The molecule has 3 unspecified atom stereocenters. The van der Waals surface area contributed by atoms with E-state index in [9.17, 15) is 0 Å². The maximum absolute atomic E-state index is 6.01. The lowest BCUT2D eigenvalue weighted by atomic mass is 9.43. The van der Waals surface area contributed by atoms with Crippen LogP contribution in [0.1, 0.15) is 55.6 Å². The Morgan fingerprint density at radius 1 is 1.05 bits per heavy atom. The number of benzene rings is 1. The Kier molecular flexibility index (Phi) is 4.09. The lowest BCUT2D eigenvalue weighted by molar-refractivity contribution is -0.0786. The van der Waals surface area contributed by atoms with Gasteiger partial charge in [-0.2, -0.15) is 0 Å². The van der Waals surface area contributed by atoms with Gasteiger partial charge < -0.3 is 5.73 Å². The van der Waals surface area contributed by atoms with Crippen LogP contribution in [0.15, 0.2) is 24.3 Å². The Hall–Kier alpha value is -0.530. The number of nitrogens with two attached hydrogens (primary N) is 1. The summed E-state index contributed by atoms with van der Waals surface area (Å²) in [6, 6.07) is 9.41. The topological polar surface area (TPSA) is 26.0 Å². The summed E-state index contributed by atoms with van der Waals surface area (Å²) >= 11 is 0. The average molecular weight is 306 g/mol. The Labute approximate surface area is 135 Å². The largest absolute Gasteiger partial charge is 0.330 e. The third-order valence-electron chi connectivity index (χ3n) is 6.54. The van der Waals surface area contributed by atoms with Crippen molar-refractivity contribution < 1.29 is 0 Å². The molecule has 116 valence electrons. The van der Waals surface area contributed by atoms with Gasteiger partial charge in [0.15, 0.2) is 0 Å². The monoisotopic (exact) mass is 305 g/mol. The van der Waals surface area contributed by atoms with E-state index in [4.69, 9.17) is 5.73 Å². The fourth-order valence-corrected chi connectivity index (χ4v) is 6.26. The minimum Gasteiger partial charge on any atom is -0.330 e. The normalized spacial score (nSPS) is 40.1. The molecule has 3 atom stereocenters. The van der Waals surface area contributed by atoms with Crippen molar-refractivity contribution in [3.05, 3.63) is 35.4 Å². The fourth-order valence-electron chi connectivity index (χ4n) is 6.26. The molecule has 4 fully saturated rings. The van der Waals surface area contributed by atoms with E-state index in [1.54, 1.807) is 5.56 Å². The molecule has 21 heavy (non-hydrogen) atoms.